The molecular weight excluding hydrogens is 335 g/mol. The molecule has 2 aromatic rings. The van der Waals surface area contributed by atoms with Gasteiger partial charge in [0.05, 0.1) is 16.3 Å². The molecule has 0 aromatic heterocycles. The number of nitrogens with one attached hydrogen (secondary N) is 1. The molecule has 0 fully saturated rings. The summed E-state index contributed by atoms with van der Waals surface area (Å²) in [7, 11) is -3.74. The van der Waals surface area contributed by atoms with Gasteiger partial charge in [-0.15, -0.1) is 0 Å². The summed E-state index contributed by atoms with van der Waals surface area (Å²) in [5.41, 5.74) is 5.41. The fraction of sp³-hybridized carbons (Fsp3) is 0. The number of nitrogens with two attached hydrogens (primary N) is 1. The number of sulfonamides is 1. The van der Waals surface area contributed by atoms with Gasteiger partial charge in [0.1, 0.15) is 5.82 Å². The average molecular weight is 345 g/mol. The van der Waals surface area contributed by atoms with Gasteiger partial charge in [-0.25, -0.2) is 12.8 Å². The van der Waals surface area contributed by atoms with E-state index in [4.69, 9.17) is 5.73 Å². The van der Waals surface area contributed by atoms with Gasteiger partial charge in [0, 0.05) is 10.5 Å². The first-order valence-electron chi connectivity index (χ1n) is 5.22. The number of hydrogen-bond acceptors (Lipinski definition) is 3. The van der Waals surface area contributed by atoms with Crippen LogP contribution in [-0.4, -0.2) is 8.42 Å². The van der Waals surface area contributed by atoms with Crippen LogP contribution < -0.4 is 10.5 Å². The van der Waals surface area contributed by atoms with Crippen LogP contribution in [0.4, 0.5) is 15.8 Å². The van der Waals surface area contributed by atoms with Gasteiger partial charge in [0.2, 0.25) is 0 Å². The summed E-state index contributed by atoms with van der Waals surface area (Å²) < 4.78 is 40.4. The molecular formula is C12H10BrFN2O2S. The van der Waals surface area contributed by atoms with Gasteiger partial charge >= 0.3 is 0 Å². The van der Waals surface area contributed by atoms with E-state index >= 15 is 0 Å². The fourth-order valence-electron chi connectivity index (χ4n) is 1.42. The maximum atomic E-state index is 13.2. The molecule has 0 radical (unpaired) electrons. The monoisotopic (exact) mass is 344 g/mol. The summed E-state index contributed by atoms with van der Waals surface area (Å²) in [4.78, 5) is 0.0907. The summed E-state index contributed by atoms with van der Waals surface area (Å²) >= 11 is 3.22. The van der Waals surface area contributed by atoms with Gasteiger partial charge in [-0.3, -0.25) is 4.72 Å². The van der Waals surface area contributed by atoms with Crippen molar-refractivity contribution in [2.24, 2.45) is 0 Å². The minimum absolute atomic E-state index is 0.0356. The molecule has 0 spiro atoms. The SMILES string of the molecule is Nc1ccc(NS(=O)(=O)c2ccc(Br)cc2)cc1F. The third-order valence-corrected chi connectivity index (χ3v) is 4.30. The largest absolute Gasteiger partial charge is 0.396 e. The molecule has 0 aliphatic heterocycles. The van der Waals surface area contributed by atoms with Crippen LogP contribution in [0.5, 0.6) is 0 Å². The Morgan fingerprint density at radius 3 is 2.32 bits per heavy atom. The second-order valence-corrected chi connectivity index (χ2v) is 6.39. The molecule has 19 heavy (non-hydrogen) atoms. The summed E-state index contributed by atoms with van der Waals surface area (Å²) in [6.07, 6.45) is 0. The molecule has 0 unspecified atom stereocenters. The van der Waals surface area contributed by atoms with Gasteiger partial charge in [-0.1, -0.05) is 15.9 Å². The van der Waals surface area contributed by atoms with Crippen molar-refractivity contribution in [3.8, 4) is 0 Å². The maximum Gasteiger partial charge on any atom is 0.261 e. The predicted molar refractivity (Wildman–Crippen MR) is 75.8 cm³/mol. The second-order valence-electron chi connectivity index (χ2n) is 3.80. The van der Waals surface area contributed by atoms with E-state index in [1.807, 2.05) is 0 Å². The second kappa shape index (κ2) is 5.18. The molecule has 0 atom stereocenters. The Labute approximate surface area is 118 Å². The van der Waals surface area contributed by atoms with Crippen molar-refractivity contribution in [2.75, 3.05) is 10.5 Å². The molecule has 0 saturated carbocycles. The van der Waals surface area contributed by atoms with E-state index in [0.717, 1.165) is 10.5 Å². The molecule has 0 bridgehead atoms. The van der Waals surface area contributed by atoms with E-state index in [1.165, 1.54) is 24.3 Å². The Morgan fingerprint density at radius 2 is 1.74 bits per heavy atom. The first kappa shape index (κ1) is 13.8. The lowest BCUT2D eigenvalue weighted by atomic mass is 10.3. The van der Waals surface area contributed by atoms with Gasteiger partial charge in [0.15, 0.2) is 0 Å². The number of hydrogen-bond donors (Lipinski definition) is 2. The lowest BCUT2D eigenvalue weighted by molar-refractivity contribution is 0.601. The standard InChI is InChI=1S/C12H10BrFN2O2S/c13-8-1-4-10(5-2-8)19(17,18)16-9-3-6-12(15)11(14)7-9/h1-7,16H,15H2. The van der Waals surface area contributed by atoms with E-state index in [2.05, 4.69) is 20.7 Å². The van der Waals surface area contributed by atoms with Crippen molar-refractivity contribution in [3.63, 3.8) is 0 Å². The predicted octanol–water partition coefficient (Wildman–Crippen LogP) is 2.97. The van der Waals surface area contributed by atoms with Crippen molar-refractivity contribution in [3.05, 3.63) is 52.8 Å². The zero-order chi connectivity index (χ0) is 14.0. The Bertz CT molecular complexity index is 702. The number of benzene rings is 2. The van der Waals surface area contributed by atoms with Crippen LogP contribution in [0.2, 0.25) is 0 Å². The normalized spacial score (nSPS) is 11.3. The van der Waals surface area contributed by atoms with E-state index < -0.39 is 15.8 Å². The smallest absolute Gasteiger partial charge is 0.261 e. The molecule has 100 valence electrons. The highest BCUT2D eigenvalue weighted by Crippen LogP contribution is 2.21. The number of nitrogen functional groups attached to an aromatic ring is 1. The molecule has 0 heterocycles. The van der Waals surface area contributed by atoms with E-state index in [1.54, 1.807) is 12.1 Å². The Kier molecular flexibility index (Phi) is 3.77. The minimum atomic E-state index is -3.74. The topological polar surface area (TPSA) is 72.2 Å². The van der Waals surface area contributed by atoms with Crippen molar-refractivity contribution in [1.82, 2.24) is 0 Å². The minimum Gasteiger partial charge on any atom is -0.396 e. The van der Waals surface area contributed by atoms with Crippen LogP contribution in [0.15, 0.2) is 51.8 Å². The zero-order valence-electron chi connectivity index (χ0n) is 9.60. The number of halogens is 2. The van der Waals surface area contributed by atoms with Gasteiger partial charge < -0.3 is 5.73 Å². The third kappa shape index (κ3) is 3.24. The Hall–Kier alpha value is -1.60. The quantitative estimate of drug-likeness (QED) is 0.840. The molecule has 0 saturated heterocycles. The summed E-state index contributed by atoms with van der Waals surface area (Å²) in [5, 5.41) is 0. The van der Waals surface area contributed by atoms with Crippen LogP contribution in [0, 0.1) is 5.82 Å². The lowest BCUT2D eigenvalue weighted by Crippen LogP contribution is -2.13. The number of rotatable bonds is 3. The lowest BCUT2D eigenvalue weighted by Gasteiger charge is -2.08. The van der Waals surface area contributed by atoms with E-state index in [9.17, 15) is 12.8 Å². The van der Waals surface area contributed by atoms with Crippen molar-refractivity contribution in [2.45, 2.75) is 4.90 Å². The molecule has 2 rings (SSSR count). The molecule has 0 aliphatic carbocycles. The highest BCUT2D eigenvalue weighted by Gasteiger charge is 2.14. The molecule has 2 aromatic carbocycles. The van der Waals surface area contributed by atoms with Crippen molar-refractivity contribution >= 4 is 37.3 Å². The van der Waals surface area contributed by atoms with E-state index in [0.29, 0.717) is 0 Å². The molecule has 0 aliphatic rings. The first-order chi connectivity index (χ1) is 8.88. The van der Waals surface area contributed by atoms with Crippen molar-refractivity contribution < 1.29 is 12.8 Å². The summed E-state index contributed by atoms with van der Waals surface area (Å²) in [5.74, 6) is -0.670. The fourth-order valence-corrected chi connectivity index (χ4v) is 2.73. The zero-order valence-corrected chi connectivity index (χ0v) is 12.0. The molecule has 4 nitrogen and oxygen atoms in total. The Morgan fingerprint density at radius 1 is 1.11 bits per heavy atom. The summed E-state index contributed by atoms with van der Waals surface area (Å²) in [6.45, 7) is 0. The van der Waals surface area contributed by atoms with Crippen molar-refractivity contribution in [1.29, 1.82) is 0 Å². The molecule has 3 N–H and O–H groups in total. The van der Waals surface area contributed by atoms with Crippen LogP contribution in [0.25, 0.3) is 0 Å². The highest BCUT2D eigenvalue weighted by molar-refractivity contribution is 9.10. The molecule has 0 amide bonds. The van der Waals surface area contributed by atoms with Gasteiger partial charge in [-0.2, -0.15) is 0 Å². The first-order valence-corrected chi connectivity index (χ1v) is 7.49. The van der Waals surface area contributed by atoms with Crippen LogP contribution >= 0.6 is 15.9 Å². The van der Waals surface area contributed by atoms with Gasteiger partial charge in [-0.05, 0) is 36.4 Å². The maximum absolute atomic E-state index is 13.2. The average Bonchev–Trinajstić information content (AvgIpc) is 2.34. The highest BCUT2D eigenvalue weighted by atomic mass is 79.9. The van der Waals surface area contributed by atoms with Crippen LogP contribution in [0.1, 0.15) is 0 Å². The van der Waals surface area contributed by atoms with Gasteiger partial charge in [0.25, 0.3) is 10.0 Å². The Balaban J connectivity index is 2.30. The van der Waals surface area contributed by atoms with Crippen LogP contribution in [0.3, 0.4) is 0 Å². The van der Waals surface area contributed by atoms with E-state index in [-0.39, 0.29) is 16.3 Å². The molecule has 7 heteroatoms. The third-order valence-electron chi connectivity index (χ3n) is 2.38. The summed E-state index contributed by atoms with van der Waals surface area (Å²) in [6, 6.07) is 9.84. The van der Waals surface area contributed by atoms with Crippen LogP contribution in [-0.2, 0) is 10.0 Å². The number of anilines is 2.